The van der Waals surface area contributed by atoms with Gasteiger partial charge in [-0.1, -0.05) is 17.7 Å². The van der Waals surface area contributed by atoms with Gasteiger partial charge in [-0.2, -0.15) is 0 Å². The molecule has 0 saturated heterocycles. The van der Waals surface area contributed by atoms with Crippen molar-refractivity contribution < 1.29 is 24.2 Å². The predicted molar refractivity (Wildman–Crippen MR) is 75.9 cm³/mol. The van der Waals surface area contributed by atoms with Crippen LogP contribution in [0.15, 0.2) is 18.2 Å². The number of halogens is 1. The van der Waals surface area contributed by atoms with Gasteiger partial charge in [-0.05, 0) is 12.1 Å². The average molecular weight is 310 g/mol. The first-order valence-corrected chi connectivity index (χ1v) is 6.35. The average Bonchev–Trinajstić information content (AvgIpc) is 2.70. The lowest BCUT2D eigenvalue weighted by molar-refractivity contribution is -0.135. The molecule has 110 valence electrons. The Balaban J connectivity index is 2.79. The summed E-state index contributed by atoms with van der Waals surface area (Å²) in [7, 11) is 2.78. The number of rotatable bonds is 4. The Kier molecular flexibility index (Phi) is 3.99. The van der Waals surface area contributed by atoms with Crippen LogP contribution in [0.25, 0.3) is 10.9 Å². The van der Waals surface area contributed by atoms with Crippen LogP contribution in [-0.4, -0.2) is 34.5 Å². The molecule has 1 heterocycles. The van der Waals surface area contributed by atoms with Crippen molar-refractivity contribution in [1.82, 2.24) is 4.57 Å². The minimum absolute atomic E-state index is 0.0148. The molecule has 0 amide bonds. The van der Waals surface area contributed by atoms with E-state index in [4.69, 9.17) is 16.7 Å². The van der Waals surface area contributed by atoms with Gasteiger partial charge in [0, 0.05) is 17.5 Å². The third kappa shape index (κ3) is 2.62. The number of methoxy groups -OCH3 is 1. The number of carboxylic acids is 1. The highest BCUT2D eigenvalue weighted by Gasteiger charge is 2.27. The topological polar surface area (TPSA) is 85.6 Å². The number of carbonyl (C=O) groups excluding carboxylic acids is 2. The zero-order valence-electron chi connectivity index (χ0n) is 11.3. The number of benzene rings is 1. The lowest BCUT2D eigenvalue weighted by Crippen LogP contribution is -2.15. The van der Waals surface area contributed by atoms with Gasteiger partial charge in [0.25, 0.3) is 0 Å². The van der Waals surface area contributed by atoms with Gasteiger partial charge < -0.3 is 14.4 Å². The molecule has 0 unspecified atom stereocenters. The lowest BCUT2D eigenvalue weighted by Gasteiger charge is -2.04. The van der Waals surface area contributed by atoms with Crippen molar-refractivity contribution in [2.24, 2.45) is 7.05 Å². The summed E-state index contributed by atoms with van der Waals surface area (Å²) < 4.78 is 6.15. The van der Waals surface area contributed by atoms with Crippen LogP contribution < -0.4 is 0 Å². The quantitative estimate of drug-likeness (QED) is 0.532. The number of esters is 1. The van der Waals surface area contributed by atoms with Crippen LogP contribution in [0.4, 0.5) is 0 Å². The maximum atomic E-state index is 12.2. The van der Waals surface area contributed by atoms with E-state index in [-0.39, 0.29) is 11.3 Å². The molecule has 0 fully saturated rings. The summed E-state index contributed by atoms with van der Waals surface area (Å²) in [6, 6.07) is 4.75. The van der Waals surface area contributed by atoms with Gasteiger partial charge in [0.15, 0.2) is 5.78 Å². The van der Waals surface area contributed by atoms with Crippen LogP contribution in [0.5, 0.6) is 0 Å². The van der Waals surface area contributed by atoms with E-state index in [1.165, 1.54) is 11.7 Å². The number of ether oxygens (including phenoxy) is 1. The number of nitrogens with zero attached hydrogens (tertiary/aromatic N) is 1. The van der Waals surface area contributed by atoms with Crippen LogP contribution in [0.3, 0.4) is 0 Å². The van der Waals surface area contributed by atoms with Crippen LogP contribution in [0, 0.1) is 0 Å². The molecular formula is C14H12ClNO5. The Hall–Kier alpha value is -2.34. The number of carbonyl (C=O) groups is 3. The minimum atomic E-state index is -1.26. The number of hydrogen-bond acceptors (Lipinski definition) is 4. The monoisotopic (exact) mass is 309 g/mol. The number of Topliss-reactive ketones (excluding diaryl/α,β-unsaturated/α-hetero) is 1. The van der Waals surface area contributed by atoms with E-state index >= 15 is 0 Å². The van der Waals surface area contributed by atoms with E-state index < -0.39 is 24.1 Å². The number of aliphatic carboxylic acids is 1. The summed E-state index contributed by atoms with van der Waals surface area (Å²) in [6.45, 7) is 0. The Labute approximate surface area is 124 Å². The molecule has 0 radical (unpaired) electrons. The largest absolute Gasteiger partial charge is 0.481 e. The molecule has 2 rings (SSSR count). The molecule has 0 aliphatic carbocycles. The number of aryl methyl sites for hydroxylation is 1. The zero-order chi connectivity index (χ0) is 15.7. The van der Waals surface area contributed by atoms with Gasteiger partial charge in [-0.25, -0.2) is 4.79 Å². The summed E-state index contributed by atoms with van der Waals surface area (Å²) >= 11 is 5.92. The van der Waals surface area contributed by atoms with Gasteiger partial charge in [0.05, 0.1) is 18.2 Å². The van der Waals surface area contributed by atoms with E-state index in [1.54, 1.807) is 25.2 Å². The fraction of sp³-hybridized carbons (Fsp3) is 0.214. The minimum Gasteiger partial charge on any atom is -0.481 e. The Morgan fingerprint density at radius 2 is 2.00 bits per heavy atom. The molecule has 0 spiro atoms. The molecule has 0 bridgehead atoms. The second kappa shape index (κ2) is 5.57. The van der Waals surface area contributed by atoms with Gasteiger partial charge in [0.1, 0.15) is 12.1 Å². The summed E-state index contributed by atoms with van der Waals surface area (Å²) in [5, 5.41) is 9.70. The third-order valence-corrected chi connectivity index (χ3v) is 3.37. The summed E-state index contributed by atoms with van der Waals surface area (Å²) in [5.74, 6) is -2.63. The first-order chi connectivity index (χ1) is 9.86. The molecule has 0 aliphatic heterocycles. The van der Waals surface area contributed by atoms with Crippen molar-refractivity contribution in [3.05, 3.63) is 34.5 Å². The maximum absolute atomic E-state index is 12.2. The molecule has 21 heavy (non-hydrogen) atoms. The highest BCUT2D eigenvalue weighted by atomic mass is 35.5. The van der Waals surface area contributed by atoms with Crippen molar-refractivity contribution in [3.63, 3.8) is 0 Å². The molecule has 2 aromatic rings. The normalized spacial score (nSPS) is 10.6. The van der Waals surface area contributed by atoms with Gasteiger partial charge in [-0.3, -0.25) is 9.59 Å². The molecule has 0 aliphatic rings. The van der Waals surface area contributed by atoms with Gasteiger partial charge in [-0.15, -0.1) is 0 Å². The Morgan fingerprint density at radius 1 is 1.33 bits per heavy atom. The van der Waals surface area contributed by atoms with E-state index in [9.17, 15) is 14.4 Å². The SMILES string of the molecule is COC(=O)c1c(C(=O)CC(=O)O)c2ccc(Cl)cc2n1C. The third-order valence-electron chi connectivity index (χ3n) is 3.13. The standard InChI is InChI=1S/C14H12ClNO5/c1-16-9-5-7(15)3-4-8(9)12(10(17)6-11(18)19)13(16)14(20)21-2/h3-5H,6H2,1-2H3,(H,18,19). The van der Waals surface area contributed by atoms with Gasteiger partial charge in [0.2, 0.25) is 0 Å². The molecule has 1 N–H and O–H groups in total. The molecule has 7 heteroatoms. The van der Waals surface area contributed by atoms with Crippen molar-refractivity contribution in [3.8, 4) is 0 Å². The van der Waals surface area contributed by atoms with E-state index in [0.717, 1.165) is 0 Å². The Morgan fingerprint density at radius 3 is 2.57 bits per heavy atom. The molecule has 0 atom stereocenters. The van der Waals surface area contributed by atoms with Crippen LogP contribution in [0.1, 0.15) is 27.3 Å². The van der Waals surface area contributed by atoms with E-state index in [0.29, 0.717) is 15.9 Å². The number of ketones is 1. The maximum Gasteiger partial charge on any atom is 0.355 e. The molecule has 6 nitrogen and oxygen atoms in total. The van der Waals surface area contributed by atoms with Crippen molar-refractivity contribution in [2.75, 3.05) is 7.11 Å². The molecular weight excluding hydrogens is 298 g/mol. The zero-order valence-corrected chi connectivity index (χ0v) is 12.1. The second-order valence-electron chi connectivity index (χ2n) is 4.43. The Bertz CT molecular complexity index is 762. The van der Waals surface area contributed by atoms with Crippen molar-refractivity contribution in [2.45, 2.75) is 6.42 Å². The highest BCUT2D eigenvalue weighted by Crippen LogP contribution is 2.29. The van der Waals surface area contributed by atoms with Crippen LogP contribution in [-0.2, 0) is 16.6 Å². The smallest absolute Gasteiger partial charge is 0.355 e. The predicted octanol–water partition coefficient (Wildman–Crippen LogP) is 2.28. The molecule has 1 aromatic carbocycles. The first kappa shape index (κ1) is 15.1. The van der Waals surface area contributed by atoms with Crippen molar-refractivity contribution in [1.29, 1.82) is 0 Å². The summed E-state index contributed by atoms with van der Waals surface area (Å²) in [5.41, 5.74) is 0.607. The molecule has 1 aromatic heterocycles. The van der Waals surface area contributed by atoms with E-state index in [2.05, 4.69) is 4.74 Å². The summed E-state index contributed by atoms with van der Waals surface area (Å²) in [4.78, 5) is 34.9. The fourth-order valence-electron chi connectivity index (χ4n) is 2.25. The molecule has 0 saturated carbocycles. The highest BCUT2D eigenvalue weighted by molar-refractivity contribution is 6.31. The number of aromatic nitrogens is 1. The van der Waals surface area contributed by atoms with E-state index in [1.807, 2.05) is 0 Å². The number of hydrogen-bond donors (Lipinski definition) is 1. The lowest BCUT2D eigenvalue weighted by atomic mass is 10.0. The number of fused-ring (bicyclic) bond motifs is 1. The second-order valence-corrected chi connectivity index (χ2v) is 4.87. The number of carboxylic acid groups (broad SMARTS) is 1. The fourth-order valence-corrected chi connectivity index (χ4v) is 2.42. The first-order valence-electron chi connectivity index (χ1n) is 5.98. The van der Waals surface area contributed by atoms with Gasteiger partial charge >= 0.3 is 11.9 Å². The van der Waals surface area contributed by atoms with Crippen LogP contribution in [0.2, 0.25) is 5.02 Å². The van der Waals surface area contributed by atoms with Crippen LogP contribution >= 0.6 is 11.6 Å². The van der Waals surface area contributed by atoms with Crippen molar-refractivity contribution >= 4 is 40.2 Å². The summed E-state index contributed by atoms with van der Waals surface area (Å²) in [6.07, 6.45) is -0.703.